The summed E-state index contributed by atoms with van der Waals surface area (Å²) in [5.74, 6) is -0.947. The van der Waals surface area contributed by atoms with E-state index in [0.29, 0.717) is 46.1 Å². The van der Waals surface area contributed by atoms with Crippen LogP contribution in [0.1, 0.15) is 17.4 Å². The number of benzene rings is 1. The van der Waals surface area contributed by atoms with Crippen molar-refractivity contribution < 1.29 is 18.6 Å². The lowest BCUT2D eigenvalue weighted by Crippen LogP contribution is -2.22. The number of pyridine rings is 3. The molecule has 40 heavy (non-hydrogen) atoms. The van der Waals surface area contributed by atoms with Crippen molar-refractivity contribution in [3.05, 3.63) is 101 Å². The van der Waals surface area contributed by atoms with Crippen LogP contribution >= 0.6 is 11.6 Å². The smallest absolute Gasteiger partial charge is 0.147 e. The van der Waals surface area contributed by atoms with Crippen LogP contribution in [-0.2, 0) is 11.5 Å². The highest BCUT2D eigenvalue weighted by atomic mass is 35.5. The zero-order chi connectivity index (χ0) is 28.4. The molecule has 4 aromatic heterocycles. The Hall–Kier alpha value is -3.50. The van der Waals surface area contributed by atoms with Crippen molar-refractivity contribution >= 4 is 30.7 Å². The molecule has 1 unspecified atom stereocenters. The molecule has 0 aliphatic rings. The molecule has 0 aliphatic carbocycles. The maximum Gasteiger partial charge on any atom is 0.147 e. The highest BCUT2D eigenvalue weighted by molar-refractivity contribution is 6.76. The average Bonchev–Trinajstić information content (AvgIpc) is 3.30. The number of aliphatic hydroxyl groups excluding tert-OH is 1. The van der Waals surface area contributed by atoms with Crippen molar-refractivity contribution in [2.24, 2.45) is 0 Å². The number of aromatic nitrogens is 4. The van der Waals surface area contributed by atoms with Crippen molar-refractivity contribution in [2.45, 2.75) is 38.5 Å². The number of ether oxygens (including phenoxy) is 1. The summed E-state index contributed by atoms with van der Waals surface area (Å²) in [6.07, 6.45) is 6.73. The van der Waals surface area contributed by atoms with E-state index in [1.807, 2.05) is 10.8 Å². The molecule has 4 heterocycles. The van der Waals surface area contributed by atoms with Crippen molar-refractivity contribution in [3.8, 4) is 22.3 Å². The fraction of sp³-hybridized carbons (Fsp3) is 0.233. The SMILES string of the molecule is C[Si](C)(C)CCOCn1cc(-c2ccc(F)cc2)c2c(Cl)c(-c3cncc(C(O)c4ncccc4F)c3)cnc21. The van der Waals surface area contributed by atoms with Crippen LogP contribution < -0.4 is 0 Å². The summed E-state index contributed by atoms with van der Waals surface area (Å²) < 4.78 is 35.9. The molecule has 0 saturated carbocycles. The van der Waals surface area contributed by atoms with Gasteiger partial charge in [-0.2, -0.15) is 0 Å². The standard InChI is InChI=1S/C30H29ClF2N4O2Si/c1-40(2,3)12-11-39-18-37-17-24(19-6-8-22(32)9-7-19)26-27(31)23(16-36-30(26)37)20-13-21(15-34-14-20)29(38)28-25(33)5-4-10-35-28/h4-10,13-17,29,38H,11-12,18H2,1-3H3. The number of hydrogen-bond acceptors (Lipinski definition) is 5. The number of hydrogen-bond donors (Lipinski definition) is 1. The van der Waals surface area contributed by atoms with E-state index >= 15 is 0 Å². The molecule has 0 saturated heterocycles. The van der Waals surface area contributed by atoms with Crippen molar-refractivity contribution in [1.29, 1.82) is 0 Å². The third-order valence-corrected chi connectivity index (χ3v) is 8.73. The molecule has 10 heteroatoms. The molecule has 0 fully saturated rings. The van der Waals surface area contributed by atoms with Crippen molar-refractivity contribution in [1.82, 2.24) is 19.5 Å². The number of rotatable bonds is 9. The Morgan fingerprint density at radius 1 is 1.00 bits per heavy atom. The van der Waals surface area contributed by atoms with Crippen molar-refractivity contribution in [2.75, 3.05) is 6.61 Å². The summed E-state index contributed by atoms with van der Waals surface area (Å²) >= 11 is 7.05. The molecule has 5 rings (SSSR count). The Bertz CT molecular complexity index is 1650. The van der Waals surface area contributed by atoms with Crippen molar-refractivity contribution in [3.63, 3.8) is 0 Å². The molecule has 0 amide bonds. The van der Waals surface area contributed by atoms with Gasteiger partial charge >= 0.3 is 0 Å². The van der Waals surface area contributed by atoms with Gasteiger partial charge in [-0.1, -0.05) is 43.4 Å². The maximum atomic E-state index is 14.3. The molecule has 5 aromatic rings. The van der Waals surface area contributed by atoms with Crippen LogP contribution in [0.5, 0.6) is 0 Å². The van der Waals surface area contributed by atoms with Gasteiger partial charge in [0.1, 0.15) is 35.8 Å². The second-order valence-corrected chi connectivity index (χ2v) is 16.8. The lowest BCUT2D eigenvalue weighted by atomic mass is 10.0. The number of aliphatic hydroxyl groups is 1. The van der Waals surface area contributed by atoms with Gasteiger partial charge in [-0.25, -0.2) is 13.8 Å². The van der Waals surface area contributed by atoms with Crippen LogP contribution in [0.15, 0.2) is 73.4 Å². The lowest BCUT2D eigenvalue weighted by molar-refractivity contribution is 0.0899. The first-order valence-corrected chi connectivity index (χ1v) is 17.0. The highest BCUT2D eigenvalue weighted by Crippen LogP contribution is 2.40. The number of halogens is 3. The molecule has 0 aliphatic heterocycles. The first-order chi connectivity index (χ1) is 19.1. The lowest BCUT2D eigenvalue weighted by Gasteiger charge is -2.15. The second-order valence-electron chi connectivity index (χ2n) is 10.8. The summed E-state index contributed by atoms with van der Waals surface area (Å²) in [6.45, 7) is 7.83. The third-order valence-electron chi connectivity index (χ3n) is 6.64. The topological polar surface area (TPSA) is 73.1 Å². The van der Waals surface area contributed by atoms with E-state index in [9.17, 15) is 13.9 Å². The van der Waals surface area contributed by atoms with Gasteiger partial charge in [0.15, 0.2) is 0 Å². The molecule has 1 atom stereocenters. The van der Waals surface area contributed by atoms with Gasteiger partial charge in [-0.3, -0.25) is 9.97 Å². The van der Waals surface area contributed by atoms with Crippen LogP contribution in [0.2, 0.25) is 30.7 Å². The molecule has 1 aromatic carbocycles. The molecule has 0 radical (unpaired) electrons. The van der Waals surface area contributed by atoms with Crippen LogP contribution in [0.3, 0.4) is 0 Å². The highest BCUT2D eigenvalue weighted by Gasteiger charge is 2.21. The van der Waals surface area contributed by atoms with Crippen LogP contribution in [-0.4, -0.2) is 39.3 Å². The normalized spacial score (nSPS) is 12.7. The Morgan fingerprint density at radius 3 is 2.50 bits per heavy atom. The molecule has 0 spiro atoms. The first kappa shape index (κ1) is 28.0. The van der Waals surface area contributed by atoms with E-state index in [0.717, 1.165) is 17.2 Å². The average molecular weight is 579 g/mol. The van der Waals surface area contributed by atoms with Crippen LogP contribution in [0, 0.1) is 11.6 Å². The quantitative estimate of drug-likeness (QED) is 0.145. The van der Waals surface area contributed by atoms with Gasteiger partial charge in [0.25, 0.3) is 0 Å². The van der Waals surface area contributed by atoms with E-state index < -0.39 is 20.0 Å². The predicted octanol–water partition coefficient (Wildman–Crippen LogP) is 7.49. The first-order valence-electron chi connectivity index (χ1n) is 12.9. The van der Waals surface area contributed by atoms with Crippen LogP contribution in [0.25, 0.3) is 33.3 Å². The predicted molar refractivity (Wildman–Crippen MR) is 156 cm³/mol. The molecule has 6 nitrogen and oxygen atoms in total. The Labute approximate surface area is 237 Å². The van der Waals surface area contributed by atoms with Gasteiger partial charge in [0.05, 0.1) is 5.02 Å². The van der Waals surface area contributed by atoms with E-state index in [-0.39, 0.29) is 11.5 Å². The minimum Gasteiger partial charge on any atom is -0.382 e. The fourth-order valence-electron chi connectivity index (χ4n) is 4.42. The van der Waals surface area contributed by atoms with Gasteiger partial charge in [0, 0.05) is 73.3 Å². The molecule has 0 bridgehead atoms. The Morgan fingerprint density at radius 2 is 1.77 bits per heavy atom. The van der Waals surface area contributed by atoms with Crippen LogP contribution in [0.4, 0.5) is 8.78 Å². The summed E-state index contributed by atoms with van der Waals surface area (Å²) in [6, 6.07) is 11.6. The number of nitrogens with zero attached hydrogens (tertiary/aromatic N) is 4. The summed E-state index contributed by atoms with van der Waals surface area (Å²) in [7, 11) is -1.25. The maximum absolute atomic E-state index is 14.3. The summed E-state index contributed by atoms with van der Waals surface area (Å²) in [5, 5.41) is 11.9. The zero-order valence-electron chi connectivity index (χ0n) is 22.4. The molecule has 1 N–H and O–H groups in total. The van der Waals surface area contributed by atoms with E-state index in [2.05, 4.69) is 29.6 Å². The van der Waals surface area contributed by atoms with E-state index in [1.165, 1.54) is 36.7 Å². The van der Waals surface area contributed by atoms with E-state index in [4.69, 9.17) is 21.3 Å². The van der Waals surface area contributed by atoms with Gasteiger partial charge in [0.2, 0.25) is 0 Å². The monoisotopic (exact) mass is 578 g/mol. The molecular weight excluding hydrogens is 550 g/mol. The van der Waals surface area contributed by atoms with Gasteiger partial charge in [-0.15, -0.1) is 0 Å². The minimum atomic E-state index is -1.31. The minimum absolute atomic E-state index is 0.0917. The summed E-state index contributed by atoms with van der Waals surface area (Å²) in [5.41, 5.74) is 3.63. The Kier molecular flexibility index (Phi) is 8.09. The zero-order valence-corrected chi connectivity index (χ0v) is 24.2. The molecular formula is C30H29ClF2N4O2Si. The number of fused-ring (bicyclic) bond motifs is 1. The molecule has 206 valence electrons. The summed E-state index contributed by atoms with van der Waals surface area (Å²) in [4.78, 5) is 13.0. The van der Waals surface area contributed by atoms with E-state index in [1.54, 1.807) is 30.6 Å². The largest absolute Gasteiger partial charge is 0.382 e. The second kappa shape index (κ2) is 11.5. The fourth-order valence-corrected chi connectivity index (χ4v) is 5.52. The van der Waals surface area contributed by atoms with Gasteiger partial charge in [-0.05, 0) is 41.9 Å². The Balaban J connectivity index is 1.56. The third kappa shape index (κ3) is 5.97. The van der Waals surface area contributed by atoms with Gasteiger partial charge < -0.3 is 14.4 Å².